The fourth-order valence-electron chi connectivity index (χ4n) is 1.50. The van der Waals surface area contributed by atoms with Gasteiger partial charge in [-0.1, -0.05) is 0 Å². The van der Waals surface area contributed by atoms with Crippen molar-refractivity contribution >= 4 is 5.91 Å². The normalized spacial score (nSPS) is 13.7. The number of ether oxygens (including phenoxy) is 1. The van der Waals surface area contributed by atoms with Crippen molar-refractivity contribution in [3.63, 3.8) is 0 Å². The van der Waals surface area contributed by atoms with Crippen molar-refractivity contribution in [1.82, 2.24) is 5.32 Å². The van der Waals surface area contributed by atoms with Gasteiger partial charge in [0.25, 0.3) is 5.91 Å². The maximum Gasteiger partial charge on any atom is 0.251 e. The fraction of sp³-hybridized carbons (Fsp3) is 0.400. The SMILES string of the molecule is CC(C)(C)NC(=O)c1ccc(OC(O)/C(=C/F)CN)cc1. The zero-order chi connectivity index (χ0) is 16.0. The van der Waals surface area contributed by atoms with Crippen molar-refractivity contribution in [2.24, 2.45) is 5.73 Å². The van der Waals surface area contributed by atoms with Crippen LogP contribution in [-0.2, 0) is 0 Å². The predicted octanol–water partition coefficient (Wildman–Crippen LogP) is 1.72. The Labute approximate surface area is 123 Å². The molecule has 1 rings (SSSR count). The molecule has 0 aliphatic rings. The van der Waals surface area contributed by atoms with Crippen LogP contribution in [0.15, 0.2) is 36.2 Å². The van der Waals surface area contributed by atoms with E-state index >= 15 is 0 Å². The number of nitrogens with two attached hydrogens (primary N) is 1. The average molecular weight is 296 g/mol. The summed E-state index contributed by atoms with van der Waals surface area (Å²) in [7, 11) is 0. The average Bonchev–Trinajstić information content (AvgIpc) is 2.39. The summed E-state index contributed by atoms with van der Waals surface area (Å²) in [5, 5.41) is 12.4. The number of hydrogen-bond donors (Lipinski definition) is 3. The minimum atomic E-state index is -1.45. The van der Waals surface area contributed by atoms with Gasteiger partial charge in [-0.3, -0.25) is 4.79 Å². The van der Waals surface area contributed by atoms with Crippen LogP contribution < -0.4 is 15.8 Å². The van der Waals surface area contributed by atoms with E-state index in [0.29, 0.717) is 11.3 Å². The van der Waals surface area contributed by atoms with E-state index in [1.165, 1.54) is 12.1 Å². The van der Waals surface area contributed by atoms with Gasteiger partial charge in [0, 0.05) is 23.2 Å². The number of nitrogens with one attached hydrogen (secondary N) is 1. The summed E-state index contributed by atoms with van der Waals surface area (Å²) >= 11 is 0. The van der Waals surface area contributed by atoms with Gasteiger partial charge >= 0.3 is 0 Å². The summed E-state index contributed by atoms with van der Waals surface area (Å²) in [5.41, 5.74) is 5.33. The second-order valence-electron chi connectivity index (χ2n) is 5.59. The second kappa shape index (κ2) is 7.19. The summed E-state index contributed by atoms with van der Waals surface area (Å²) < 4.78 is 17.5. The Morgan fingerprint density at radius 3 is 2.43 bits per heavy atom. The molecular formula is C15H21FN2O3. The fourth-order valence-corrected chi connectivity index (χ4v) is 1.50. The first-order valence-corrected chi connectivity index (χ1v) is 6.53. The van der Waals surface area contributed by atoms with Gasteiger partial charge < -0.3 is 20.9 Å². The lowest BCUT2D eigenvalue weighted by Crippen LogP contribution is -2.40. The molecule has 0 saturated heterocycles. The highest BCUT2D eigenvalue weighted by Crippen LogP contribution is 2.16. The van der Waals surface area contributed by atoms with Gasteiger partial charge in [0.2, 0.25) is 6.29 Å². The largest absolute Gasteiger partial charge is 0.461 e. The highest BCUT2D eigenvalue weighted by atomic mass is 19.1. The first-order chi connectivity index (χ1) is 9.76. The Balaban J connectivity index is 2.72. The zero-order valence-corrected chi connectivity index (χ0v) is 12.4. The number of carbonyl (C=O) groups excluding carboxylic acids is 1. The molecule has 4 N–H and O–H groups in total. The lowest BCUT2D eigenvalue weighted by Gasteiger charge is -2.20. The second-order valence-corrected chi connectivity index (χ2v) is 5.59. The maximum absolute atomic E-state index is 12.4. The van der Waals surface area contributed by atoms with E-state index in [0.717, 1.165) is 0 Å². The van der Waals surface area contributed by atoms with Gasteiger partial charge in [-0.25, -0.2) is 4.39 Å². The number of aliphatic hydroxyl groups excluding tert-OH is 1. The molecule has 1 amide bonds. The van der Waals surface area contributed by atoms with Crippen LogP contribution in [0.4, 0.5) is 4.39 Å². The molecule has 0 fully saturated rings. The summed E-state index contributed by atoms with van der Waals surface area (Å²) in [5.74, 6) is 0.100. The van der Waals surface area contributed by atoms with Gasteiger partial charge in [0.15, 0.2) is 0 Å². The summed E-state index contributed by atoms with van der Waals surface area (Å²) in [4.78, 5) is 11.9. The van der Waals surface area contributed by atoms with Gasteiger partial charge in [0.05, 0.1) is 6.33 Å². The number of aliphatic hydroxyl groups is 1. The van der Waals surface area contributed by atoms with Crippen LogP contribution in [0.25, 0.3) is 0 Å². The Morgan fingerprint density at radius 1 is 1.43 bits per heavy atom. The van der Waals surface area contributed by atoms with Crippen LogP contribution in [0.2, 0.25) is 0 Å². The summed E-state index contributed by atoms with van der Waals surface area (Å²) in [6, 6.07) is 6.16. The number of halogens is 1. The molecule has 0 radical (unpaired) electrons. The third-order valence-corrected chi connectivity index (χ3v) is 2.55. The highest BCUT2D eigenvalue weighted by molar-refractivity contribution is 5.94. The smallest absolute Gasteiger partial charge is 0.251 e. The van der Waals surface area contributed by atoms with Crippen molar-refractivity contribution in [1.29, 1.82) is 0 Å². The molecule has 1 atom stereocenters. The van der Waals surface area contributed by atoms with Crippen LogP contribution in [-0.4, -0.2) is 29.4 Å². The van der Waals surface area contributed by atoms with Crippen molar-refractivity contribution in [2.75, 3.05) is 6.54 Å². The first-order valence-electron chi connectivity index (χ1n) is 6.53. The van der Waals surface area contributed by atoms with Gasteiger partial charge in [-0.15, -0.1) is 0 Å². The molecule has 0 bridgehead atoms. The Bertz CT molecular complexity index is 507. The molecule has 0 aromatic heterocycles. The Morgan fingerprint density at radius 2 is 2.00 bits per heavy atom. The lowest BCUT2D eigenvalue weighted by atomic mass is 10.1. The molecule has 0 saturated carbocycles. The Kier molecular flexibility index (Phi) is 5.87. The van der Waals surface area contributed by atoms with Crippen LogP contribution in [0.3, 0.4) is 0 Å². The summed E-state index contributed by atoms with van der Waals surface area (Å²) in [6.45, 7) is 5.51. The van der Waals surface area contributed by atoms with Crippen molar-refractivity contribution in [2.45, 2.75) is 32.6 Å². The van der Waals surface area contributed by atoms with E-state index in [2.05, 4.69) is 5.32 Å². The van der Waals surface area contributed by atoms with Gasteiger partial charge in [-0.05, 0) is 45.0 Å². The number of hydrogen-bond acceptors (Lipinski definition) is 4. The molecule has 1 aromatic rings. The Hall–Kier alpha value is -1.92. The monoisotopic (exact) mass is 296 g/mol. The summed E-state index contributed by atoms with van der Waals surface area (Å²) in [6.07, 6.45) is -1.23. The molecule has 0 aliphatic carbocycles. The predicted molar refractivity (Wildman–Crippen MR) is 78.5 cm³/mol. The quantitative estimate of drug-likeness (QED) is 0.722. The number of rotatable bonds is 5. The minimum absolute atomic E-state index is 0.0652. The van der Waals surface area contributed by atoms with Crippen LogP contribution in [0.5, 0.6) is 5.75 Å². The van der Waals surface area contributed by atoms with Crippen molar-refractivity contribution in [3.8, 4) is 5.75 Å². The molecule has 21 heavy (non-hydrogen) atoms. The highest BCUT2D eigenvalue weighted by Gasteiger charge is 2.16. The van der Waals surface area contributed by atoms with Crippen LogP contribution in [0, 0.1) is 0 Å². The van der Waals surface area contributed by atoms with Crippen molar-refractivity contribution in [3.05, 3.63) is 41.7 Å². The third-order valence-electron chi connectivity index (χ3n) is 2.55. The molecule has 0 spiro atoms. The van der Waals surface area contributed by atoms with Crippen LogP contribution in [0.1, 0.15) is 31.1 Å². The van der Waals surface area contributed by atoms with Crippen molar-refractivity contribution < 1.29 is 19.0 Å². The molecule has 0 aliphatic heterocycles. The maximum atomic E-state index is 12.4. The molecular weight excluding hydrogens is 275 g/mol. The standard InChI is InChI=1S/C15H21FN2O3/c1-15(2,3)18-13(19)10-4-6-12(7-5-10)21-14(20)11(8-16)9-17/h4-8,14,20H,9,17H2,1-3H3,(H,18,19)/b11-8+. The number of benzene rings is 1. The van der Waals surface area contributed by atoms with Gasteiger partial charge in [0.1, 0.15) is 5.75 Å². The minimum Gasteiger partial charge on any atom is -0.461 e. The van der Waals surface area contributed by atoms with E-state index in [-0.39, 0.29) is 29.9 Å². The molecule has 116 valence electrons. The molecule has 6 heteroatoms. The third kappa shape index (κ3) is 5.53. The molecule has 1 unspecified atom stereocenters. The first kappa shape index (κ1) is 17.1. The molecule has 0 heterocycles. The van der Waals surface area contributed by atoms with E-state index < -0.39 is 6.29 Å². The molecule has 1 aromatic carbocycles. The van der Waals surface area contributed by atoms with E-state index in [9.17, 15) is 14.3 Å². The van der Waals surface area contributed by atoms with E-state index in [1.54, 1.807) is 12.1 Å². The molecule has 5 nitrogen and oxygen atoms in total. The van der Waals surface area contributed by atoms with E-state index in [1.807, 2.05) is 20.8 Å². The van der Waals surface area contributed by atoms with E-state index in [4.69, 9.17) is 10.5 Å². The number of carbonyl (C=O) groups is 1. The lowest BCUT2D eigenvalue weighted by molar-refractivity contribution is 0.0128. The topological polar surface area (TPSA) is 84.6 Å². The van der Waals surface area contributed by atoms with Crippen LogP contribution >= 0.6 is 0 Å². The zero-order valence-electron chi connectivity index (χ0n) is 12.4. The van der Waals surface area contributed by atoms with Gasteiger partial charge in [-0.2, -0.15) is 0 Å². The number of amides is 1.